The van der Waals surface area contributed by atoms with Crippen LogP contribution in [0.25, 0.3) is 0 Å². The van der Waals surface area contributed by atoms with Gasteiger partial charge in [-0.05, 0) is 18.9 Å². The summed E-state index contributed by atoms with van der Waals surface area (Å²) in [5.74, 6) is -0.0554. The lowest BCUT2D eigenvalue weighted by Gasteiger charge is -2.30. The summed E-state index contributed by atoms with van der Waals surface area (Å²) < 4.78 is 44.4. The third-order valence-corrected chi connectivity index (χ3v) is 6.12. The Labute approximate surface area is 152 Å². The van der Waals surface area contributed by atoms with Gasteiger partial charge in [0.1, 0.15) is 11.5 Å². The van der Waals surface area contributed by atoms with Crippen LogP contribution in [0.15, 0.2) is 35.1 Å². The number of hydrogen-bond donors (Lipinski definition) is 2. The summed E-state index contributed by atoms with van der Waals surface area (Å²) in [6, 6.07) is 2.81. The lowest BCUT2D eigenvalue weighted by molar-refractivity contribution is -0.125. The van der Waals surface area contributed by atoms with Crippen molar-refractivity contribution in [2.45, 2.75) is 17.7 Å². The highest BCUT2D eigenvalue weighted by atomic mass is 32.2. The summed E-state index contributed by atoms with van der Waals surface area (Å²) in [5, 5.41) is 2.59. The van der Waals surface area contributed by atoms with Gasteiger partial charge in [0.25, 0.3) is 0 Å². The number of carbonyl (C=O) groups is 1. The van der Waals surface area contributed by atoms with Crippen LogP contribution < -0.4 is 15.8 Å². The maximum absolute atomic E-state index is 12.7. The van der Waals surface area contributed by atoms with Crippen molar-refractivity contribution in [3.63, 3.8) is 0 Å². The highest BCUT2D eigenvalue weighted by molar-refractivity contribution is 7.89. The Bertz CT molecular complexity index is 744. The molecule has 3 N–H and O–H groups in total. The Morgan fingerprint density at radius 2 is 2.15 bits per heavy atom. The third-order valence-electron chi connectivity index (χ3n) is 4.24. The first-order valence-corrected chi connectivity index (χ1v) is 9.65. The van der Waals surface area contributed by atoms with Gasteiger partial charge in [-0.15, -0.1) is 0 Å². The molecular formula is C16H23FN4O4S. The van der Waals surface area contributed by atoms with Crippen molar-refractivity contribution in [3.05, 3.63) is 30.2 Å². The number of hydrogen-bond acceptors (Lipinski definition) is 6. The van der Waals surface area contributed by atoms with E-state index in [-0.39, 0.29) is 54.4 Å². The van der Waals surface area contributed by atoms with Gasteiger partial charge >= 0.3 is 0 Å². The summed E-state index contributed by atoms with van der Waals surface area (Å²) in [6.45, 7) is 0.522. The van der Waals surface area contributed by atoms with E-state index in [2.05, 4.69) is 10.3 Å². The number of sulfonamides is 1. The van der Waals surface area contributed by atoms with Crippen molar-refractivity contribution in [1.29, 1.82) is 0 Å². The molecule has 0 saturated carbocycles. The lowest BCUT2D eigenvalue weighted by Crippen LogP contribution is -2.42. The van der Waals surface area contributed by atoms with Crippen LogP contribution in [0.4, 0.5) is 4.39 Å². The molecule has 1 aliphatic rings. The van der Waals surface area contributed by atoms with Crippen LogP contribution in [0.3, 0.4) is 0 Å². The number of amides is 1. The molecule has 1 aromatic heterocycles. The monoisotopic (exact) mass is 386 g/mol. The second-order valence-electron chi connectivity index (χ2n) is 5.88. The minimum absolute atomic E-state index is 0.0228. The molecule has 144 valence electrons. The first-order valence-electron chi connectivity index (χ1n) is 8.21. The van der Waals surface area contributed by atoms with E-state index in [1.54, 1.807) is 7.05 Å². The molecule has 26 heavy (non-hydrogen) atoms. The average molecular weight is 386 g/mol. The zero-order valence-electron chi connectivity index (χ0n) is 14.5. The van der Waals surface area contributed by atoms with Gasteiger partial charge in [0.2, 0.25) is 21.8 Å². The Balaban J connectivity index is 2.00. The van der Waals surface area contributed by atoms with Gasteiger partial charge < -0.3 is 15.8 Å². The summed E-state index contributed by atoms with van der Waals surface area (Å²) >= 11 is 0. The second-order valence-corrected chi connectivity index (χ2v) is 7.82. The maximum Gasteiger partial charge on any atom is 0.244 e. The van der Waals surface area contributed by atoms with Crippen molar-refractivity contribution in [2.24, 2.45) is 11.7 Å². The van der Waals surface area contributed by atoms with Crippen LogP contribution in [0, 0.1) is 5.92 Å². The van der Waals surface area contributed by atoms with Crippen LogP contribution >= 0.6 is 0 Å². The smallest absolute Gasteiger partial charge is 0.244 e. The topological polar surface area (TPSA) is 115 Å². The van der Waals surface area contributed by atoms with E-state index in [1.807, 2.05) is 0 Å². The first-order chi connectivity index (χ1) is 12.4. The van der Waals surface area contributed by atoms with Crippen molar-refractivity contribution in [3.8, 4) is 5.88 Å². The highest BCUT2D eigenvalue weighted by Gasteiger charge is 2.31. The maximum atomic E-state index is 12.7. The van der Waals surface area contributed by atoms with E-state index in [1.165, 1.54) is 22.6 Å². The Morgan fingerprint density at radius 1 is 1.46 bits per heavy atom. The molecule has 0 atom stereocenters. The Hall–Kier alpha value is -2.04. The zero-order chi connectivity index (χ0) is 19.2. The van der Waals surface area contributed by atoms with E-state index in [4.69, 9.17) is 10.5 Å². The number of nitrogens with one attached hydrogen (secondary N) is 1. The summed E-state index contributed by atoms with van der Waals surface area (Å²) in [7, 11) is -2.11. The van der Waals surface area contributed by atoms with E-state index in [0.29, 0.717) is 19.2 Å². The van der Waals surface area contributed by atoms with Gasteiger partial charge in [-0.2, -0.15) is 4.31 Å². The fourth-order valence-corrected chi connectivity index (χ4v) is 4.03. The van der Waals surface area contributed by atoms with Gasteiger partial charge in [-0.1, -0.05) is 0 Å². The zero-order valence-corrected chi connectivity index (χ0v) is 15.3. The minimum Gasteiger partial charge on any atom is -0.473 e. The van der Waals surface area contributed by atoms with Crippen LogP contribution in [0.1, 0.15) is 12.8 Å². The highest BCUT2D eigenvalue weighted by Crippen LogP contribution is 2.24. The van der Waals surface area contributed by atoms with E-state index in [0.717, 1.165) is 0 Å². The molecule has 8 nitrogen and oxygen atoms in total. The molecule has 0 aromatic carbocycles. The number of nitrogens with two attached hydrogens (primary N) is 1. The quantitative estimate of drug-likeness (QED) is 0.702. The molecule has 2 rings (SSSR count). The minimum atomic E-state index is -3.68. The van der Waals surface area contributed by atoms with Crippen molar-refractivity contribution in [2.75, 3.05) is 33.3 Å². The molecule has 2 heterocycles. The van der Waals surface area contributed by atoms with Gasteiger partial charge in [0.15, 0.2) is 0 Å². The fourth-order valence-electron chi connectivity index (χ4n) is 2.62. The van der Waals surface area contributed by atoms with E-state index < -0.39 is 10.0 Å². The van der Waals surface area contributed by atoms with Gasteiger partial charge in [0.05, 0.1) is 12.5 Å². The summed E-state index contributed by atoms with van der Waals surface area (Å²) in [6.07, 6.45) is 2.54. The molecular weight excluding hydrogens is 363 g/mol. The van der Waals surface area contributed by atoms with Crippen LogP contribution in [-0.2, 0) is 14.8 Å². The van der Waals surface area contributed by atoms with Crippen molar-refractivity contribution >= 4 is 15.9 Å². The lowest BCUT2D eigenvalue weighted by atomic mass is 9.97. The van der Waals surface area contributed by atoms with E-state index in [9.17, 15) is 17.6 Å². The molecule has 1 aliphatic heterocycles. The molecule has 0 aliphatic carbocycles. The molecule has 0 radical (unpaired) electrons. The Morgan fingerprint density at radius 3 is 2.65 bits per heavy atom. The molecule has 1 aromatic rings. The standard InChI is InChI=1S/C16H23FN4O4S/c1-19-16(22)13-4-6-21(7-5-13)26(23,24)14-2-3-15(20-10-14)25-11-12(8-17)9-18/h2-3,8,10,13H,4-7,9,11,18H2,1H3,(H,19,22)/b12-8+. The average Bonchev–Trinajstić information content (AvgIpc) is 2.68. The molecule has 0 unspecified atom stereocenters. The van der Waals surface area contributed by atoms with Gasteiger partial charge in [-0.25, -0.2) is 17.8 Å². The second kappa shape index (κ2) is 9.06. The number of carbonyl (C=O) groups excluding carboxylic acids is 1. The third kappa shape index (κ3) is 4.77. The van der Waals surface area contributed by atoms with Gasteiger partial charge in [0, 0.05) is 44.2 Å². The summed E-state index contributed by atoms with van der Waals surface area (Å²) in [4.78, 5) is 15.6. The fraction of sp³-hybridized carbons (Fsp3) is 0.500. The number of nitrogens with zero attached hydrogens (tertiary/aromatic N) is 2. The largest absolute Gasteiger partial charge is 0.473 e. The predicted molar refractivity (Wildman–Crippen MR) is 93.5 cm³/mol. The van der Waals surface area contributed by atoms with Gasteiger partial charge in [-0.3, -0.25) is 4.79 Å². The molecule has 1 saturated heterocycles. The Kier molecular flexibility index (Phi) is 7.06. The molecule has 1 fully saturated rings. The summed E-state index contributed by atoms with van der Waals surface area (Å²) in [5.41, 5.74) is 5.60. The van der Waals surface area contributed by atoms with Crippen LogP contribution in [0.2, 0.25) is 0 Å². The number of rotatable bonds is 7. The van der Waals surface area contributed by atoms with Crippen molar-refractivity contribution < 1.29 is 22.3 Å². The molecule has 0 bridgehead atoms. The number of aromatic nitrogens is 1. The number of piperidine rings is 1. The van der Waals surface area contributed by atoms with Crippen LogP contribution in [-0.4, -0.2) is 56.9 Å². The molecule has 10 heteroatoms. The SMILES string of the molecule is CNC(=O)C1CCN(S(=O)(=O)c2ccc(OC/C(=C/F)CN)nc2)CC1. The normalized spacial score (nSPS) is 17.1. The molecule has 0 spiro atoms. The number of pyridine rings is 1. The molecule has 1 amide bonds. The van der Waals surface area contributed by atoms with E-state index >= 15 is 0 Å². The number of halogens is 1. The van der Waals surface area contributed by atoms with Crippen LogP contribution in [0.5, 0.6) is 5.88 Å². The first kappa shape index (κ1) is 20.3. The van der Waals surface area contributed by atoms with Crippen molar-refractivity contribution in [1.82, 2.24) is 14.6 Å². The number of ether oxygens (including phenoxy) is 1. The predicted octanol–water partition coefficient (Wildman–Crippen LogP) is 0.419.